The first-order chi connectivity index (χ1) is 9.27. The minimum Gasteiger partial charge on any atom is -0.347 e. The summed E-state index contributed by atoms with van der Waals surface area (Å²) >= 11 is 0. The van der Waals surface area contributed by atoms with Crippen molar-refractivity contribution in [2.75, 3.05) is 0 Å². The van der Waals surface area contributed by atoms with Crippen molar-refractivity contribution >= 4 is 5.97 Å². The van der Waals surface area contributed by atoms with Crippen LogP contribution in [0.1, 0.15) is 0 Å². The Hall–Kier alpha value is -2.86. The minimum atomic E-state index is -0.720. The number of nitriles is 1. The van der Waals surface area contributed by atoms with Crippen molar-refractivity contribution in [1.29, 1.82) is 5.26 Å². The number of carbonyl (C=O) groups is 1. The summed E-state index contributed by atoms with van der Waals surface area (Å²) in [5.74, 6) is -0.720. The molecule has 0 bridgehead atoms. The quantitative estimate of drug-likeness (QED) is 0.466. The van der Waals surface area contributed by atoms with E-state index in [-0.39, 0.29) is 0 Å². The maximum atomic E-state index is 9.85. The van der Waals surface area contributed by atoms with E-state index in [0.717, 1.165) is 6.08 Å². The van der Waals surface area contributed by atoms with Crippen molar-refractivity contribution in [2.45, 2.75) is 0 Å². The molecule has 0 spiro atoms. The highest BCUT2D eigenvalue weighted by atomic mass is 16.5. The average molecular weight is 251 g/mol. The summed E-state index contributed by atoms with van der Waals surface area (Å²) in [5.41, 5.74) is 2.55. The molecule has 0 unspecified atom stereocenters. The molecule has 0 amide bonds. The first kappa shape index (κ1) is 14.2. The van der Waals surface area contributed by atoms with Crippen LogP contribution >= 0.6 is 0 Å². The highest BCUT2D eigenvalue weighted by molar-refractivity contribution is 5.81. The lowest BCUT2D eigenvalue weighted by Crippen LogP contribution is -1.91. The Morgan fingerprint density at radius 2 is 1.42 bits per heavy atom. The van der Waals surface area contributed by atoms with Gasteiger partial charge in [0.15, 0.2) is 0 Å². The second-order valence-corrected chi connectivity index (χ2v) is 3.45. The second-order valence-electron chi connectivity index (χ2n) is 3.45. The van der Waals surface area contributed by atoms with Crippen LogP contribution in [0.4, 0.5) is 0 Å². The van der Waals surface area contributed by atoms with Crippen molar-refractivity contribution < 1.29 is 9.53 Å². The highest BCUT2D eigenvalue weighted by Gasteiger charge is 1.91. The molecule has 0 N–H and O–H groups in total. The van der Waals surface area contributed by atoms with Crippen LogP contribution in [0.5, 0.6) is 0 Å². The van der Waals surface area contributed by atoms with Crippen LogP contribution < -0.4 is 0 Å². The van der Waals surface area contributed by atoms with Gasteiger partial charge in [-0.05, 0) is 11.1 Å². The van der Waals surface area contributed by atoms with Crippen LogP contribution in [0.15, 0.2) is 73.3 Å². The van der Waals surface area contributed by atoms with E-state index < -0.39 is 5.97 Å². The van der Waals surface area contributed by atoms with E-state index in [2.05, 4.69) is 59.8 Å². The molecule has 0 radical (unpaired) electrons. The third-order valence-corrected chi connectivity index (χ3v) is 2.19. The molecule has 19 heavy (non-hydrogen) atoms. The number of hydrogen-bond acceptors (Lipinski definition) is 3. The van der Waals surface area contributed by atoms with Gasteiger partial charge in [-0.2, -0.15) is 0 Å². The molecule has 3 nitrogen and oxygen atoms in total. The number of carbonyl (C=O) groups excluding carboxylic acids is 1. The lowest BCUT2D eigenvalue weighted by molar-refractivity contribution is -0.131. The number of ether oxygens (including phenoxy) is 1. The second kappa shape index (κ2) is 8.26. The molecule has 2 aromatic carbocycles. The number of nitrogens with zero attached hydrogens (tertiary/aromatic N) is 1. The molecule has 0 aliphatic heterocycles. The van der Waals surface area contributed by atoms with Crippen molar-refractivity contribution in [3.05, 3.63) is 73.3 Å². The van der Waals surface area contributed by atoms with Gasteiger partial charge in [-0.15, -0.1) is 5.26 Å². The van der Waals surface area contributed by atoms with Gasteiger partial charge in [-0.3, -0.25) is 0 Å². The highest BCUT2D eigenvalue weighted by Crippen LogP contribution is 2.17. The van der Waals surface area contributed by atoms with E-state index in [9.17, 15) is 4.79 Å². The van der Waals surface area contributed by atoms with Gasteiger partial charge in [0.05, 0.1) is 0 Å². The van der Waals surface area contributed by atoms with E-state index in [1.54, 1.807) is 0 Å². The maximum absolute atomic E-state index is 9.85. The van der Waals surface area contributed by atoms with Crippen LogP contribution in [0, 0.1) is 11.5 Å². The van der Waals surface area contributed by atoms with E-state index in [0.29, 0.717) is 0 Å². The lowest BCUT2D eigenvalue weighted by Gasteiger charge is -1.98. The predicted molar refractivity (Wildman–Crippen MR) is 73.8 cm³/mol. The summed E-state index contributed by atoms with van der Waals surface area (Å²) in [5, 5.41) is 7.63. The van der Waals surface area contributed by atoms with Crippen LogP contribution in [-0.4, -0.2) is 5.97 Å². The lowest BCUT2D eigenvalue weighted by atomic mass is 10.1. The predicted octanol–water partition coefficient (Wildman–Crippen LogP) is 3.55. The number of rotatable bonds is 2. The average Bonchev–Trinajstić information content (AvgIpc) is 2.50. The van der Waals surface area contributed by atoms with Gasteiger partial charge in [0.1, 0.15) is 0 Å². The monoisotopic (exact) mass is 251 g/mol. The first-order valence-corrected chi connectivity index (χ1v) is 5.60. The summed E-state index contributed by atoms with van der Waals surface area (Å²) in [6.07, 6.45) is 2.12. The van der Waals surface area contributed by atoms with E-state index in [4.69, 9.17) is 5.26 Å². The molecule has 2 aromatic rings. The van der Waals surface area contributed by atoms with Gasteiger partial charge < -0.3 is 4.74 Å². The van der Waals surface area contributed by atoms with Crippen molar-refractivity contribution in [1.82, 2.24) is 0 Å². The van der Waals surface area contributed by atoms with Crippen LogP contribution in [0.2, 0.25) is 0 Å². The van der Waals surface area contributed by atoms with Crippen LogP contribution in [0.25, 0.3) is 11.1 Å². The first-order valence-electron chi connectivity index (χ1n) is 5.60. The van der Waals surface area contributed by atoms with Crippen molar-refractivity contribution in [2.24, 2.45) is 0 Å². The Labute approximate surface area is 112 Å². The van der Waals surface area contributed by atoms with Gasteiger partial charge >= 0.3 is 5.97 Å². The molecule has 0 aliphatic carbocycles. The summed E-state index contributed by atoms with van der Waals surface area (Å²) in [6, 6.07) is 20.8. The fourth-order valence-electron chi connectivity index (χ4n) is 1.35. The molecule has 0 saturated heterocycles. The van der Waals surface area contributed by atoms with Crippen molar-refractivity contribution in [3.8, 4) is 17.4 Å². The molecule has 2 rings (SSSR count). The largest absolute Gasteiger partial charge is 0.347 e. The van der Waals surface area contributed by atoms with E-state index in [1.165, 1.54) is 17.4 Å². The fraction of sp³-hybridized carbons (Fsp3) is 0. The summed E-state index contributed by atoms with van der Waals surface area (Å²) < 4.78 is 3.74. The zero-order valence-corrected chi connectivity index (χ0v) is 10.3. The zero-order chi connectivity index (χ0) is 13.9. The zero-order valence-electron chi connectivity index (χ0n) is 10.3. The van der Waals surface area contributed by atoms with Gasteiger partial charge in [0, 0.05) is 6.08 Å². The molecule has 0 aromatic heterocycles. The SMILES string of the molecule is C=CC(=O)OC#N.c1ccc(-c2ccccc2)cc1. The molecule has 94 valence electrons. The van der Waals surface area contributed by atoms with Crippen molar-refractivity contribution in [3.63, 3.8) is 0 Å². The number of benzene rings is 2. The fourth-order valence-corrected chi connectivity index (χ4v) is 1.35. The Balaban J connectivity index is 0.000000224. The summed E-state index contributed by atoms with van der Waals surface area (Å²) in [7, 11) is 0. The summed E-state index contributed by atoms with van der Waals surface area (Å²) in [6.45, 7) is 3.05. The van der Waals surface area contributed by atoms with Crippen LogP contribution in [-0.2, 0) is 9.53 Å². The minimum absolute atomic E-state index is 0.720. The Morgan fingerprint density at radius 1 is 1.00 bits per heavy atom. The molecule has 0 aliphatic rings. The Bertz CT molecular complexity index is 519. The Kier molecular flexibility index (Phi) is 6.18. The number of hydrogen-bond donors (Lipinski definition) is 0. The van der Waals surface area contributed by atoms with Gasteiger partial charge in [-0.25, -0.2) is 4.79 Å². The van der Waals surface area contributed by atoms with E-state index >= 15 is 0 Å². The molecule has 0 heterocycles. The third-order valence-electron chi connectivity index (χ3n) is 2.19. The maximum Gasteiger partial charge on any atom is 0.345 e. The third kappa shape index (κ3) is 5.33. The number of esters is 1. The molecule has 0 atom stereocenters. The smallest absolute Gasteiger partial charge is 0.345 e. The molecule has 3 heteroatoms. The van der Waals surface area contributed by atoms with Gasteiger partial charge in [0.25, 0.3) is 6.26 Å². The normalized spacial score (nSPS) is 8.37. The van der Waals surface area contributed by atoms with Gasteiger partial charge in [-0.1, -0.05) is 67.2 Å². The molecular formula is C16H13NO2. The summed E-state index contributed by atoms with van der Waals surface area (Å²) in [4.78, 5) is 9.85. The molecule has 0 saturated carbocycles. The molecular weight excluding hydrogens is 238 g/mol. The molecule has 0 fully saturated rings. The standard InChI is InChI=1S/C12H10.C4H3NO2/c1-3-7-11(8-4-1)12-9-5-2-6-10-12;1-2-4(6)7-3-5/h1-10H;2H,1H2. The van der Waals surface area contributed by atoms with Gasteiger partial charge in [0.2, 0.25) is 0 Å². The van der Waals surface area contributed by atoms with Crippen LogP contribution in [0.3, 0.4) is 0 Å². The van der Waals surface area contributed by atoms with E-state index in [1.807, 2.05) is 12.1 Å². The topological polar surface area (TPSA) is 50.1 Å². The Morgan fingerprint density at radius 3 is 1.68 bits per heavy atom.